The molecule has 0 saturated heterocycles. The summed E-state index contributed by atoms with van der Waals surface area (Å²) >= 11 is 0. The lowest BCUT2D eigenvalue weighted by molar-refractivity contribution is 0.262. The summed E-state index contributed by atoms with van der Waals surface area (Å²) in [6, 6.07) is 14.2. The molecule has 0 aliphatic carbocycles. The Morgan fingerprint density at radius 2 is 1.79 bits per heavy atom. The third kappa shape index (κ3) is 4.83. The summed E-state index contributed by atoms with van der Waals surface area (Å²) in [6.07, 6.45) is 1.07. The molecule has 0 radical (unpaired) electrons. The van der Waals surface area contributed by atoms with Crippen molar-refractivity contribution in [2.24, 2.45) is 0 Å². The number of nitrogens with one attached hydrogen (secondary N) is 2. The van der Waals surface area contributed by atoms with E-state index in [-0.39, 0.29) is 11.8 Å². The molecule has 1 heterocycles. The topological polar surface area (TPSA) is 59.0 Å². The van der Waals surface area contributed by atoms with Crippen LogP contribution in [0.5, 0.6) is 0 Å². The van der Waals surface area contributed by atoms with E-state index in [0.717, 1.165) is 17.8 Å². The first-order chi connectivity index (χ1) is 13.9. The molecule has 6 heteroatoms. The number of hydrogen-bond acceptors (Lipinski definition) is 2. The first kappa shape index (κ1) is 20.6. The molecule has 152 valence electrons. The Labute approximate surface area is 170 Å². The first-order valence-corrected chi connectivity index (χ1v) is 9.84. The Morgan fingerprint density at radius 1 is 1.10 bits per heavy atom. The average Bonchev–Trinajstić information content (AvgIpc) is 2.97. The van der Waals surface area contributed by atoms with Crippen LogP contribution in [-0.2, 0) is 6.54 Å². The Kier molecular flexibility index (Phi) is 6.32. The minimum atomic E-state index is -0.335. The van der Waals surface area contributed by atoms with Crippen molar-refractivity contribution in [3.05, 3.63) is 76.9 Å². The number of carbonyl (C=O) groups is 1. The van der Waals surface area contributed by atoms with Gasteiger partial charge in [-0.25, -0.2) is 9.18 Å². The summed E-state index contributed by atoms with van der Waals surface area (Å²) < 4.78 is 15.6. The van der Waals surface area contributed by atoms with E-state index in [0.29, 0.717) is 29.4 Å². The quantitative estimate of drug-likeness (QED) is 0.551. The summed E-state index contributed by atoms with van der Waals surface area (Å²) in [6.45, 7) is 8.32. The van der Waals surface area contributed by atoms with Crippen molar-refractivity contribution in [1.29, 1.82) is 0 Å². The molecule has 2 amide bonds. The Balaban J connectivity index is 1.69. The van der Waals surface area contributed by atoms with Crippen molar-refractivity contribution in [1.82, 2.24) is 9.78 Å². The summed E-state index contributed by atoms with van der Waals surface area (Å²) in [4.78, 5) is 12.5. The average molecular weight is 394 g/mol. The number of nitrogens with zero attached hydrogens (tertiary/aromatic N) is 2. The lowest BCUT2D eigenvalue weighted by Gasteiger charge is -2.11. The number of aryl methyl sites for hydroxylation is 1. The third-order valence-corrected chi connectivity index (χ3v) is 5.25. The minimum Gasteiger partial charge on any atom is -0.308 e. The van der Waals surface area contributed by atoms with Gasteiger partial charge in [0.25, 0.3) is 0 Å². The monoisotopic (exact) mass is 394 g/mol. The van der Waals surface area contributed by atoms with Crippen molar-refractivity contribution in [3.8, 4) is 0 Å². The molecule has 0 spiro atoms. The highest BCUT2D eigenvalue weighted by Crippen LogP contribution is 2.23. The van der Waals surface area contributed by atoms with Crippen LogP contribution in [0.1, 0.15) is 48.7 Å². The molecule has 5 nitrogen and oxygen atoms in total. The van der Waals surface area contributed by atoms with Gasteiger partial charge in [0.05, 0.1) is 23.6 Å². The zero-order valence-electron chi connectivity index (χ0n) is 17.3. The Bertz CT molecular complexity index is 995. The van der Waals surface area contributed by atoms with Crippen LogP contribution in [0, 0.1) is 19.7 Å². The largest absolute Gasteiger partial charge is 0.323 e. The number of amides is 2. The number of benzene rings is 2. The van der Waals surface area contributed by atoms with Crippen LogP contribution in [0.25, 0.3) is 0 Å². The number of urea groups is 1. The summed E-state index contributed by atoms with van der Waals surface area (Å²) in [5.41, 5.74) is 4.61. The van der Waals surface area contributed by atoms with Gasteiger partial charge in [0.15, 0.2) is 0 Å². The van der Waals surface area contributed by atoms with Crippen LogP contribution in [-0.4, -0.2) is 15.8 Å². The van der Waals surface area contributed by atoms with Gasteiger partial charge >= 0.3 is 6.03 Å². The number of aromatic nitrogens is 2. The molecule has 29 heavy (non-hydrogen) atoms. The zero-order chi connectivity index (χ0) is 21.0. The van der Waals surface area contributed by atoms with Gasteiger partial charge in [-0.1, -0.05) is 44.2 Å². The van der Waals surface area contributed by atoms with Gasteiger partial charge in [-0.05, 0) is 49.9 Å². The van der Waals surface area contributed by atoms with E-state index in [9.17, 15) is 9.18 Å². The van der Waals surface area contributed by atoms with E-state index < -0.39 is 0 Å². The van der Waals surface area contributed by atoms with E-state index in [4.69, 9.17) is 0 Å². The molecule has 0 aliphatic rings. The highest BCUT2D eigenvalue weighted by molar-refractivity contribution is 6.00. The van der Waals surface area contributed by atoms with Crippen LogP contribution in [0.3, 0.4) is 0 Å². The minimum absolute atomic E-state index is 0.270. The first-order valence-electron chi connectivity index (χ1n) is 9.84. The fourth-order valence-electron chi connectivity index (χ4n) is 3.23. The SMILES string of the molecule is CC[C@H](C)c1ccc(NC(=O)Nc2c(C)nn(Cc3ccccc3F)c2C)cc1. The molecule has 0 bridgehead atoms. The fraction of sp³-hybridized carbons (Fsp3) is 0.304. The standard InChI is InChI=1S/C23H27FN4O/c1-5-15(2)18-10-12-20(13-11-18)25-23(29)26-22-16(3)27-28(17(22)4)14-19-8-6-7-9-21(19)24/h6-13,15H,5,14H2,1-4H3,(H2,25,26,29)/t15-/m0/s1. The number of halogens is 1. The number of rotatable bonds is 6. The normalized spacial score (nSPS) is 11.9. The highest BCUT2D eigenvalue weighted by atomic mass is 19.1. The predicted octanol–water partition coefficient (Wildman–Crippen LogP) is 5.84. The van der Waals surface area contributed by atoms with E-state index in [1.165, 1.54) is 11.6 Å². The molecule has 0 aliphatic heterocycles. The molecular formula is C23H27FN4O. The van der Waals surface area contributed by atoms with Gasteiger partial charge in [-0.15, -0.1) is 0 Å². The zero-order valence-corrected chi connectivity index (χ0v) is 17.3. The second kappa shape index (κ2) is 8.90. The van der Waals surface area contributed by atoms with E-state index in [2.05, 4.69) is 29.6 Å². The van der Waals surface area contributed by atoms with Crippen LogP contribution in [0.2, 0.25) is 0 Å². The van der Waals surface area contributed by atoms with Crippen molar-refractivity contribution >= 4 is 17.4 Å². The third-order valence-electron chi connectivity index (χ3n) is 5.25. The summed E-state index contributed by atoms with van der Waals surface area (Å²) in [5.74, 6) is 0.219. The van der Waals surface area contributed by atoms with Crippen molar-refractivity contribution in [2.75, 3.05) is 10.6 Å². The van der Waals surface area contributed by atoms with Gasteiger partial charge < -0.3 is 10.6 Å². The van der Waals surface area contributed by atoms with Crippen molar-refractivity contribution in [2.45, 2.75) is 46.6 Å². The van der Waals surface area contributed by atoms with Gasteiger partial charge in [-0.2, -0.15) is 5.10 Å². The van der Waals surface area contributed by atoms with Gasteiger partial charge in [0, 0.05) is 11.3 Å². The number of hydrogen-bond donors (Lipinski definition) is 2. The lowest BCUT2D eigenvalue weighted by Crippen LogP contribution is -2.20. The molecule has 1 atom stereocenters. The molecule has 0 saturated carbocycles. The summed E-state index contributed by atoms with van der Waals surface area (Å²) in [7, 11) is 0. The summed E-state index contributed by atoms with van der Waals surface area (Å²) in [5, 5.41) is 10.2. The fourth-order valence-corrected chi connectivity index (χ4v) is 3.23. The van der Waals surface area contributed by atoms with Crippen LogP contribution < -0.4 is 10.6 Å². The molecule has 2 N–H and O–H groups in total. The van der Waals surface area contributed by atoms with Gasteiger partial charge in [0.2, 0.25) is 0 Å². The van der Waals surface area contributed by atoms with Crippen LogP contribution >= 0.6 is 0 Å². The van der Waals surface area contributed by atoms with Gasteiger partial charge in [-0.3, -0.25) is 4.68 Å². The molecule has 2 aromatic carbocycles. The maximum atomic E-state index is 13.9. The Hall–Kier alpha value is -3.15. The lowest BCUT2D eigenvalue weighted by atomic mass is 9.99. The molecule has 0 fully saturated rings. The molecule has 3 aromatic rings. The van der Waals surface area contributed by atoms with E-state index in [1.807, 2.05) is 38.1 Å². The van der Waals surface area contributed by atoms with E-state index in [1.54, 1.807) is 22.9 Å². The van der Waals surface area contributed by atoms with Gasteiger partial charge in [0.1, 0.15) is 5.82 Å². The maximum Gasteiger partial charge on any atom is 0.323 e. The Morgan fingerprint density at radius 3 is 2.45 bits per heavy atom. The second-order valence-electron chi connectivity index (χ2n) is 7.31. The molecular weight excluding hydrogens is 367 g/mol. The van der Waals surface area contributed by atoms with Crippen molar-refractivity contribution in [3.63, 3.8) is 0 Å². The molecule has 0 unspecified atom stereocenters. The maximum absolute atomic E-state index is 13.9. The van der Waals surface area contributed by atoms with Crippen molar-refractivity contribution < 1.29 is 9.18 Å². The molecule has 1 aromatic heterocycles. The highest BCUT2D eigenvalue weighted by Gasteiger charge is 2.15. The number of anilines is 2. The predicted molar refractivity (Wildman–Crippen MR) is 115 cm³/mol. The number of carbonyl (C=O) groups excluding carboxylic acids is 1. The van der Waals surface area contributed by atoms with E-state index >= 15 is 0 Å². The molecule has 3 rings (SSSR count). The smallest absolute Gasteiger partial charge is 0.308 e. The second-order valence-corrected chi connectivity index (χ2v) is 7.31. The van der Waals surface area contributed by atoms with Crippen LogP contribution in [0.4, 0.5) is 20.6 Å². The van der Waals surface area contributed by atoms with Crippen LogP contribution in [0.15, 0.2) is 48.5 Å².